The van der Waals surface area contributed by atoms with Crippen molar-refractivity contribution in [3.8, 4) is 0 Å². The number of amides is 1. The van der Waals surface area contributed by atoms with Gasteiger partial charge in [0.2, 0.25) is 0 Å². The maximum Gasteiger partial charge on any atom is 0.269 e. The van der Waals surface area contributed by atoms with Gasteiger partial charge in [-0.3, -0.25) is 4.79 Å². The Morgan fingerprint density at radius 1 is 1.41 bits per heavy atom. The van der Waals surface area contributed by atoms with Gasteiger partial charge < -0.3 is 9.80 Å². The van der Waals surface area contributed by atoms with E-state index in [2.05, 4.69) is 24.5 Å². The second-order valence-corrected chi connectivity index (χ2v) is 5.34. The molecule has 94 valence electrons. The second-order valence-electron chi connectivity index (χ2n) is 5.34. The summed E-state index contributed by atoms with van der Waals surface area (Å²) in [6.45, 7) is 6.27. The van der Waals surface area contributed by atoms with E-state index in [0.717, 1.165) is 11.4 Å². The third kappa shape index (κ3) is 2.11. The van der Waals surface area contributed by atoms with Crippen molar-refractivity contribution in [2.24, 2.45) is 5.92 Å². The molecule has 17 heavy (non-hydrogen) atoms. The molecule has 0 aromatic heterocycles. The Morgan fingerprint density at radius 3 is 2.53 bits per heavy atom. The maximum absolute atomic E-state index is 12.2. The molecule has 0 spiro atoms. The van der Waals surface area contributed by atoms with Crippen LogP contribution >= 0.6 is 0 Å². The third-order valence-corrected chi connectivity index (χ3v) is 3.82. The molecule has 1 aliphatic heterocycles. The molecule has 1 unspecified atom stereocenters. The van der Waals surface area contributed by atoms with Crippen LogP contribution in [0.2, 0.25) is 0 Å². The van der Waals surface area contributed by atoms with Crippen LogP contribution in [0.5, 0.6) is 0 Å². The summed E-state index contributed by atoms with van der Waals surface area (Å²) in [6, 6.07) is 0.489. The van der Waals surface area contributed by atoms with Gasteiger partial charge in [-0.25, -0.2) is 0 Å². The van der Waals surface area contributed by atoms with Gasteiger partial charge >= 0.3 is 0 Å². The predicted molar refractivity (Wildman–Crippen MR) is 69.2 cm³/mol. The van der Waals surface area contributed by atoms with Crippen molar-refractivity contribution in [1.29, 1.82) is 0 Å². The van der Waals surface area contributed by atoms with Crippen molar-refractivity contribution in [1.82, 2.24) is 9.80 Å². The van der Waals surface area contributed by atoms with E-state index < -0.39 is 0 Å². The van der Waals surface area contributed by atoms with E-state index in [9.17, 15) is 4.79 Å². The predicted octanol–water partition coefficient (Wildman–Crippen LogP) is 2.37. The van der Waals surface area contributed by atoms with E-state index in [1.165, 1.54) is 25.7 Å². The summed E-state index contributed by atoms with van der Waals surface area (Å²) in [6.07, 6.45) is 6.97. The zero-order chi connectivity index (χ0) is 12.6. The summed E-state index contributed by atoms with van der Waals surface area (Å²) < 4.78 is 0. The fraction of sp³-hybridized carbons (Fsp3) is 0.643. The Bertz CT molecular complexity index is 364. The fourth-order valence-electron chi connectivity index (χ4n) is 2.78. The average molecular weight is 234 g/mol. The highest BCUT2D eigenvalue weighted by Crippen LogP contribution is 2.37. The number of likely N-dealkylation sites (N-methyl/N-ethyl adjacent to an activating group) is 1. The number of allylic oxidation sites excluding steroid dienone is 1. The molecule has 1 saturated carbocycles. The zero-order valence-electron chi connectivity index (χ0n) is 11.1. The number of hydrogen-bond acceptors (Lipinski definition) is 2. The number of rotatable bonds is 2. The molecule has 0 aromatic carbocycles. The lowest BCUT2D eigenvalue weighted by Crippen LogP contribution is -2.36. The lowest BCUT2D eigenvalue weighted by atomic mass is 10.1. The van der Waals surface area contributed by atoms with Crippen LogP contribution in [-0.2, 0) is 4.79 Å². The molecule has 0 N–H and O–H groups in total. The van der Waals surface area contributed by atoms with E-state index in [1.807, 2.05) is 14.1 Å². The SMILES string of the molecule is C=C1C(C)C=C(C(=O)N(C)C)N1C1CCCC1. The largest absolute Gasteiger partial charge is 0.344 e. The van der Waals surface area contributed by atoms with E-state index in [0.29, 0.717) is 6.04 Å². The maximum atomic E-state index is 12.2. The standard InChI is InChI=1S/C14H22N2O/c1-10-9-13(14(17)15(3)4)16(11(10)2)12-7-5-6-8-12/h9-10,12H,2,5-8H2,1,3-4H3. The van der Waals surface area contributed by atoms with Crippen LogP contribution in [0.25, 0.3) is 0 Å². The lowest BCUT2D eigenvalue weighted by Gasteiger charge is -2.31. The van der Waals surface area contributed by atoms with Crippen LogP contribution in [-0.4, -0.2) is 35.8 Å². The first-order valence-corrected chi connectivity index (χ1v) is 6.44. The Hall–Kier alpha value is -1.25. The average Bonchev–Trinajstić information content (AvgIpc) is 2.87. The van der Waals surface area contributed by atoms with Gasteiger partial charge in [-0.05, 0) is 18.9 Å². The Labute approximate surface area is 104 Å². The molecule has 1 atom stereocenters. The van der Waals surface area contributed by atoms with Crippen molar-refractivity contribution < 1.29 is 4.79 Å². The van der Waals surface area contributed by atoms with Crippen molar-refractivity contribution >= 4 is 5.91 Å². The Morgan fingerprint density at radius 2 is 2.00 bits per heavy atom. The first-order valence-electron chi connectivity index (χ1n) is 6.44. The summed E-state index contributed by atoms with van der Waals surface area (Å²) in [7, 11) is 3.61. The molecule has 0 radical (unpaired) electrons. The molecule has 1 aliphatic carbocycles. The number of carbonyl (C=O) groups is 1. The summed E-state index contributed by atoms with van der Waals surface area (Å²) in [5, 5.41) is 0. The summed E-state index contributed by atoms with van der Waals surface area (Å²) in [5.74, 6) is 0.386. The normalized spacial score (nSPS) is 25.4. The molecule has 0 bridgehead atoms. The number of nitrogens with zero attached hydrogens (tertiary/aromatic N) is 2. The molecule has 1 amide bonds. The van der Waals surface area contributed by atoms with Gasteiger partial charge in [0, 0.05) is 31.8 Å². The molecule has 3 heteroatoms. The molecule has 2 aliphatic rings. The van der Waals surface area contributed by atoms with Crippen LogP contribution in [0.3, 0.4) is 0 Å². The summed E-state index contributed by atoms with van der Waals surface area (Å²) in [4.78, 5) is 16.0. The van der Waals surface area contributed by atoms with Crippen molar-refractivity contribution in [3.05, 3.63) is 24.0 Å². The van der Waals surface area contributed by atoms with Crippen LogP contribution in [0.15, 0.2) is 24.0 Å². The van der Waals surface area contributed by atoms with Crippen LogP contribution in [0.1, 0.15) is 32.6 Å². The highest BCUT2D eigenvalue weighted by Gasteiger charge is 2.35. The van der Waals surface area contributed by atoms with Gasteiger partial charge in [-0.15, -0.1) is 0 Å². The van der Waals surface area contributed by atoms with Crippen LogP contribution < -0.4 is 0 Å². The molecule has 1 fully saturated rings. The molecule has 0 saturated heterocycles. The third-order valence-electron chi connectivity index (χ3n) is 3.82. The smallest absolute Gasteiger partial charge is 0.269 e. The minimum Gasteiger partial charge on any atom is -0.344 e. The minimum absolute atomic E-state index is 0.0994. The minimum atomic E-state index is 0.0994. The van der Waals surface area contributed by atoms with E-state index in [-0.39, 0.29) is 11.8 Å². The Balaban J connectivity index is 2.25. The second kappa shape index (κ2) is 4.55. The van der Waals surface area contributed by atoms with E-state index in [1.54, 1.807) is 4.90 Å². The van der Waals surface area contributed by atoms with E-state index in [4.69, 9.17) is 0 Å². The monoisotopic (exact) mass is 234 g/mol. The van der Waals surface area contributed by atoms with Gasteiger partial charge in [-0.1, -0.05) is 26.3 Å². The molecule has 3 nitrogen and oxygen atoms in total. The van der Waals surface area contributed by atoms with Gasteiger partial charge in [0.1, 0.15) is 5.70 Å². The van der Waals surface area contributed by atoms with Crippen LogP contribution in [0, 0.1) is 5.92 Å². The van der Waals surface area contributed by atoms with Crippen molar-refractivity contribution in [3.63, 3.8) is 0 Å². The van der Waals surface area contributed by atoms with Gasteiger partial charge in [0.15, 0.2) is 0 Å². The van der Waals surface area contributed by atoms with Gasteiger partial charge in [0.05, 0.1) is 0 Å². The van der Waals surface area contributed by atoms with Crippen molar-refractivity contribution in [2.45, 2.75) is 38.6 Å². The zero-order valence-corrected chi connectivity index (χ0v) is 11.1. The van der Waals surface area contributed by atoms with Crippen LogP contribution in [0.4, 0.5) is 0 Å². The highest BCUT2D eigenvalue weighted by atomic mass is 16.2. The summed E-state index contributed by atoms with van der Waals surface area (Å²) in [5.41, 5.74) is 1.92. The summed E-state index contributed by atoms with van der Waals surface area (Å²) >= 11 is 0. The molecular formula is C14H22N2O. The number of carbonyl (C=O) groups excluding carboxylic acids is 1. The quantitative estimate of drug-likeness (QED) is 0.732. The van der Waals surface area contributed by atoms with Gasteiger partial charge in [-0.2, -0.15) is 0 Å². The molecular weight excluding hydrogens is 212 g/mol. The first-order chi connectivity index (χ1) is 8.02. The molecule has 0 aromatic rings. The first kappa shape index (κ1) is 12.2. The lowest BCUT2D eigenvalue weighted by molar-refractivity contribution is -0.126. The Kier molecular flexibility index (Phi) is 3.27. The number of hydrogen-bond donors (Lipinski definition) is 0. The van der Waals surface area contributed by atoms with Gasteiger partial charge in [0.25, 0.3) is 5.91 Å². The fourth-order valence-corrected chi connectivity index (χ4v) is 2.78. The highest BCUT2D eigenvalue weighted by molar-refractivity contribution is 5.93. The molecule has 2 rings (SSSR count). The van der Waals surface area contributed by atoms with E-state index >= 15 is 0 Å². The topological polar surface area (TPSA) is 23.6 Å². The molecule has 1 heterocycles. The van der Waals surface area contributed by atoms with Crippen molar-refractivity contribution in [2.75, 3.05) is 14.1 Å².